The molecule has 29 heavy (non-hydrogen) atoms. The molecule has 2 aliphatic rings. The molecule has 8 nitrogen and oxygen atoms in total. The third-order valence-electron chi connectivity index (χ3n) is 5.26. The van der Waals surface area contributed by atoms with Gasteiger partial charge < -0.3 is 14.0 Å². The third-order valence-corrected chi connectivity index (χ3v) is 6.69. The Morgan fingerprint density at radius 3 is 2.55 bits per heavy atom. The fraction of sp³-hybridized carbons (Fsp3) is 0.400. The number of nitrogens with zero attached hydrogens (tertiary/aromatic N) is 2. The van der Waals surface area contributed by atoms with Crippen LogP contribution >= 0.6 is 0 Å². The third kappa shape index (κ3) is 3.68. The van der Waals surface area contributed by atoms with Crippen molar-refractivity contribution in [2.45, 2.75) is 26.7 Å². The quantitative estimate of drug-likeness (QED) is 0.802. The van der Waals surface area contributed by atoms with Crippen LogP contribution in [0.5, 0.6) is 11.5 Å². The largest absolute Gasteiger partial charge is 0.486 e. The van der Waals surface area contributed by atoms with Crippen LogP contribution in [0.25, 0.3) is 5.69 Å². The van der Waals surface area contributed by atoms with Gasteiger partial charge in [-0.1, -0.05) is 0 Å². The molecular weight excluding hydrogens is 394 g/mol. The number of nitriles is 1. The summed E-state index contributed by atoms with van der Waals surface area (Å²) in [7, 11) is -3.90. The number of carbonyl (C=O) groups is 1. The molecular formula is C20H21N3O5S. The van der Waals surface area contributed by atoms with Crippen molar-refractivity contribution in [3.63, 3.8) is 0 Å². The Kier molecular flexibility index (Phi) is 4.54. The number of benzene rings is 1. The van der Waals surface area contributed by atoms with Crippen molar-refractivity contribution in [3.8, 4) is 23.3 Å². The topological polar surface area (TPSA) is 110 Å². The molecule has 1 aromatic carbocycles. The maximum atomic E-state index is 12.7. The van der Waals surface area contributed by atoms with Gasteiger partial charge in [0.2, 0.25) is 10.0 Å². The summed E-state index contributed by atoms with van der Waals surface area (Å²) in [6.45, 7) is 4.56. The van der Waals surface area contributed by atoms with Crippen LogP contribution in [-0.4, -0.2) is 37.9 Å². The molecule has 1 saturated carbocycles. The number of amides is 1. The first-order valence-corrected chi connectivity index (χ1v) is 10.9. The predicted molar refractivity (Wildman–Crippen MR) is 105 cm³/mol. The van der Waals surface area contributed by atoms with E-state index in [-0.39, 0.29) is 11.3 Å². The first-order chi connectivity index (χ1) is 13.7. The lowest BCUT2D eigenvalue weighted by atomic mass is 10.2. The maximum absolute atomic E-state index is 12.7. The molecule has 0 unspecified atom stereocenters. The molecule has 2 heterocycles. The van der Waals surface area contributed by atoms with Crippen LogP contribution in [0.4, 0.5) is 0 Å². The highest BCUT2D eigenvalue weighted by molar-refractivity contribution is 7.90. The van der Waals surface area contributed by atoms with Gasteiger partial charge in [-0.3, -0.25) is 4.79 Å². The Balaban J connectivity index is 1.60. The molecule has 152 valence electrons. The van der Waals surface area contributed by atoms with Crippen molar-refractivity contribution in [2.24, 2.45) is 5.41 Å². The molecule has 0 radical (unpaired) electrons. The van der Waals surface area contributed by atoms with Gasteiger partial charge in [-0.15, -0.1) is 0 Å². The van der Waals surface area contributed by atoms with E-state index < -0.39 is 21.3 Å². The zero-order chi connectivity index (χ0) is 20.8. The molecule has 0 spiro atoms. The Bertz CT molecular complexity index is 1140. The summed E-state index contributed by atoms with van der Waals surface area (Å²) in [6.07, 6.45) is 1.08. The van der Waals surface area contributed by atoms with Gasteiger partial charge >= 0.3 is 0 Å². The van der Waals surface area contributed by atoms with Gasteiger partial charge in [-0.05, 0) is 44.9 Å². The molecule has 0 atom stereocenters. The molecule has 1 amide bonds. The lowest BCUT2D eigenvalue weighted by Gasteiger charge is -2.20. The van der Waals surface area contributed by atoms with Crippen LogP contribution in [-0.2, 0) is 10.0 Å². The average molecular weight is 415 g/mol. The Labute approximate surface area is 169 Å². The monoisotopic (exact) mass is 415 g/mol. The SMILES string of the molecule is Cc1cc(C(=O)NS(=O)(=O)CC2(C#N)CC2)c(C)n1-c1ccc2c(c1)OCCO2. The van der Waals surface area contributed by atoms with Crippen LogP contribution < -0.4 is 14.2 Å². The summed E-state index contributed by atoms with van der Waals surface area (Å²) in [4.78, 5) is 12.7. The number of fused-ring (bicyclic) bond motifs is 1. The van der Waals surface area contributed by atoms with E-state index in [4.69, 9.17) is 14.7 Å². The summed E-state index contributed by atoms with van der Waals surface area (Å²) < 4.78 is 39.8. The smallest absolute Gasteiger partial charge is 0.266 e. The van der Waals surface area contributed by atoms with Gasteiger partial charge in [0.05, 0.1) is 22.8 Å². The van der Waals surface area contributed by atoms with Crippen molar-refractivity contribution in [3.05, 3.63) is 41.2 Å². The number of carbonyl (C=O) groups excluding carboxylic acids is 1. The van der Waals surface area contributed by atoms with E-state index >= 15 is 0 Å². The number of rotatable bonds is 5. The van der Waals surface area contributed by atoms with E-state index in [2.05, 4.69) is 4.72 Å². The van der Waals surface area contributed by atoms with Crippen molar-refractivity contribution in [2.75, 3.05) is 19.0 Å². The lowest BCUT2D eigenvalue weighted by molar-refractivity contribution is 0.0980. The Morgan fingerprint density at radius 2 is 1.90 bits per heavy atom. The zero-order valence-corrected chi connectivity index (χ0v) is 17.0. The first-order valence-electron chi connectivity index (χ1n) is 9.29. The molecule has 0 saturated heterocycles. The molecule has 9 heteroatoms. The summed E-state index contributed by atoms with van der Waals surface area (Å²) in [5, 5.41) is 9.12. The number of nitrogens with one attached hydrogen (secondary N) is 1. The maximum Gasteiger partial charge on any atom is 0.266 e. The van der Waals surface area contributed by atoms with E-state index in [1.165, 1.54) is 0 Å². The predicted octanol–water partition coefficient (Wildman–Crippen LogP) is 2.23. The number of sulfonamides is 1. The van der Waals surface area contributed by atoms with E-state index in [0.29, 0.717) is 43.2 Å². The summed E-state index contributed by atoms with van der Waals surface area (Å²) in [5.41, 5.74) is 1.58. The minimum Gasteiger partial charge on any atom is -0.486 e. The summed E-state index contributed by atoms with van der Waals surface area (Å²) in [5.74, 6) is 0.234. The van der Waals surface area contributed by atoms with Gasteiger partial charge in [0.25, 0.3) is 5.91 Å². The minimum absolute atomic E-state index is 0.266. The summed E-state index contributed by atoms with van der Waals surface area (Å²) in [6, 6.07) is 9.18. The standard InChI is InChI=1S/C20H21N3O5S/c1-13-9-16(19(24)22-29(25,26)12-20(11-21)5-6-20)14(2)23(13)15-3-4-17-18(10-15)28-8-7-27-17/h3-4,9-10H,5-8,12H2,1-2H3,(H,22,24). The van der Waals surface area contributed by atoms with Crippen molar-refractivity contribution in [1.29, 1.82) is 5.26 Å². The van der Waals surface area contributed by atoms with E-state index in [9.17, 15) is 13.2 Å². The molecule has 2 aromatic rings. The molecule has 4 rings (SSSR count). The van der Waals surface area contributed by atoms with Crippen molar-refractivity contribution >= 4 is 15.9 Å². The zero-order valence-electron chi connectivity index (χ0n) is 16.2. The molecule has 1 aliphatic heterocycles. The van der Waals surface area contributed by atoms with Crippen LogP contribution in [0.3, 0.4) is 0 Å². The van der Waals surface area contributed by atoms with Gasteiger partial charge in [-0.25, -0.2) is 13.1 Å². The number of hydrogen-bond donors (Lipinski definition) is 1. The van der Waals surface area contributed by atoms with Crippen molar-refractivity contribution in [1.82, 2.24) is 9.29 Å². The van der Waals surface area contributed by atoms with Crippen LogP contribution in [0.2, 0.25) is 0 Å². The van der Waals surface area contributed by atoms with Crippen molar-refractivity contribution < 1.29 is 22.7 Å². The second kappa shape index (κ2) is 6.81. The fourth-order valence-corrected chi connectivity index (χ4v) is 5.14. The number of aromatic nitrogens is 1. The fourth-order valence-electron chi connectivity index (χ4n) is 3.60. The molecule has 1 N–H and O–H groups in total. The molecule has 1 aliphatic carbocycles. The highest BCUT2D eigenvalue weighted by Crippen LogP contribution is 2.45. The molecule has 1 aromatic heterocycles. The molecule has 1 fully saturated rings. The van der Waals surface area contributed by atoms with Gasteiger partial charge in [0.15, 0.2) is 11.5 Å². The van der Waals surface area contributed by atoms with E-state index in [0.717, 1.165) is 11.4 Å². The van der Waals surface area contributed by atoms with Gasteiger partial charge in [-0.2, -0.15) is 5.26 Å². The average Bonchev–Trinajstić information content (AvgIpc) is 3.37. The Hall–Kier alpha value is -2.99. The lowest BCUT2D eigenvalue weighted by Crippen LogP contribution is -2.35. The van der Waals surface area contributed by atoms with Crippen LogP contribution in [0, 0.1) is 30.6 Å². The highest BCUT2D eigenvalue weighted by atomic mass is 32.2. The van der Waals surface area contributed by atoms with Gasteiger partial charge in [0.1, 0.15) is 13.2 Å². The minimum atomic E-state index is -3.90. The normalized spacial score (nSPS) is 16.7. The second-order valence-electron chi connectivity index (χ2n) is 7.53. The summed E-state index contributed by atoms with van der Waals surface area (Å²) >= 11 is 0. The number of aryl methyl sites for hydroxylation is 1. The Morgan fingerprint density at radius 1 is 1.21 bits per heavy atom. The second-order valence-corrected chi connectivity index (χ2v) is 9.25. The van der Waals surface area contributed by atoms with Crippen LogP contribution in [0.15, 0.2) is 24.3 Å². The van der Waals surface area contributed by atoms with E-state index in [1.54, 1.807) is 13.0 Å². The van der Waals surface area contributed by atoms with Crippen LogP contribution in [0.1, 0.15) is 34.6 Å². The first kappa shape index (κ1) is 19.3. The number of hydrogen-bond acceptors (Lipinski definition) is 6. The molecule has 0 bridgehead atoms. The van der Waals surface area contributed by atoms with Gasteiger partial charge in [0, 0.05) is 23.1 Å². The highest BCUT2D eigenvalue weighted by Gasteiger charge is 2.47. The number of ether oxygens (including phenoxy) is 2. The van der Waals surface area contributed by atoms with E-state index in [1.807, 2.05) is 35.8 Å².